The van der Waals surface area contributed by atoms with Gasteiger partial charge in [0.05, 0.1) is 0 Å². The molecule has 4 nitrogen and oxygen atoms in total. The van der Waals surface area contributed by atoms with Gasteiger partial charge in [-0.15, -0.1) is 0 Å². The van der Waals surface area contributed by atoms with E-state index >= 15 is 0 Å². The molecule has 0 amide bonds. The number of hydrogen-bond acceptors (Lipinski definition) is 4. The molecular weight excluding hydrogens is 260 g/mol. The average molecular weight is 290 g/mol. The zero-order valence-electron chi connectivity index (χ0n) is 14.2. The molecule has 21 heavy (non-hydrogen) atoms. The summed E-state index contributed by atoms with van der Waals surface area (Å²) in [4.78, 5) is 11.6. The fraction of sp³-hybridized carbons (Fsp3) is 0.765. The third-order valence-electron chi connectivity index (χ3n) is 4.18. The molecule has 0 unspecified atom stereocenters. The van der Waals surface area contributed by atoms with E-state index in [0.717, 1.165) is 37.7 Å². The molecule has 0 spiro atoms. The summed E-state index contributed by atoms with van der Waals surface area (Å²) in [5, 5.41) is 3.47. The van der Waals surface area contributed by atoms with Crippen LogP contribution in [0.1, 0.15) is 65.4 Å². The van der Waals surface area contributed by atoms with Crippen molar-refractivity contribution < 1.29 is 0 Å². The van der Waals surface area contributed by atoms with Crippen molar-refractivity contribution in [2.24, 2.45) is 5.41 Å². The predicted molar refractivity (Wildman–Crippen MR) is 90.1 cm³/mol. The maximum Gasteiger partial charge on any atom is 0.137 e. The first-order chi connectivity index (χ1) is 9.94. The Hall–Kier alpha value is -1.32. The highest BCUT2D eigenvalue weighted by Crippen LogP contribution is 2.36. The largest absolute Gasteiger partial charge is 0.370 e. The maximum atomic E-state index is 4.63. The summed E-state index contributed by atoms with van der Waals surface area (Å²) in [5.74, 6) is 2.57. The van der Waals surface area contributed by atoms with E-state index in [0.29, 0.717) is 11.3 Å². The lowest BCUT2D eigenvalue weighted by Crippen LogP contribution is -2.41. The van der Waals surface area contributed by atoms with Crippen LogP contribution in [0.3, 0.4) is 0 Å². The third-order valence-corrected chi connectivity index (χ3v) is 4.18. The summed E-state index contributed by atoms with van der Waals surface area (Å²) in [7, 11) is 0. The van der Waals surface area contributed by atoms with Crippen molar-refractivity contribution in [2.75, 3.05) is 29.9 Å². The van der Waals surface area contributed by atoms with E-state index in [-0.39, 0.29) is 0 Å². The van der Waals surface area contributed by atoms with Crippen LogP contribution >= 0.6 is 0 Å². The fourth-order valence-corrected chi connectivity index (χ4v) is 3.16. The summed E-state index contributed by atoms with van der Waals surface area (Å²) in [5.41, 5.74) is 1.64. The summed E-state index contributed by atoms with van der Waals surface area (Å²) >= 11 is 0. The molecular formula is C17H30N4. The Bertz CT molecular complexity index is 468. The average Bonchev–Trinajstić information content (AvgIpc) is 2.43. The standard InChI is InChI=1S/C17H30N4/c1-6-9-18-15-14(13(2)3)16(20-12-19-15)21-10-7-8-17(4,5)11-21/h12-13H,6-11H2,1-5H3,(H,18,19,20). The van der Waals surface area contributed by atoms with Crippen LogP contribution in [0.2, 0.25) is 0 Å². The molecule has 1 N–H and O–H groups in total. The van der Waals surface area contributed by atoms with Gasteiger partial charge in [-0.3, -0.25) is 0 Å². The smallest absolute Gasteiger partial charge is 0.137 e. The first kappa shape index (κ1) is 16.1. The molecule has 1 fully saturated rings. The van der Waals surface area contributed by atoms with Gasteiger partial charge in [-0.05, 0) is 30.6 Å². The zero-order chi connectivity index (χ0) is 15.5. The SMILES string of the molecule is CCCNc1ncnc(N2CCCC(C)(C)C2)c1C(C)C. The van der Waals surface area contributed by atoms with Crippen molar-refractivity contribution in [1.82, 2.24) is 9.97 Å². The van der Waals surface area contributed by atoms with Crippen LogP contribution in [0, 0.1) is 5.41 Å². The Labute approximate surface area is 129 Å². The summed E-state index contributed by atoms with van der Waals surface area (Å²) in [6.07, 6.45) is 5.35. The lowest BCUT2D eigenvalue weighted by molar-refractivity contribution is 0.291. The van der Waals surface area contributed by atoms with Crippen LogP contribution in [0.15, 0.2) is 6.33 Å². The van der Waals surface area contributed by atoms with Crippen molar-refractivity contribution in [1.29, 1.82) is 0 Å². The van der Waals surface area contributed by atoms with E-state index in [2.05, 4.69) is 54.8 Å². The summed E-state index contributed by atoms with van der Waals surface area (Å²) in [6.45, 7) is 14.5. The van der Waals surface area contributed by atoms with E-state index in [1.54, 1.807) is 6.33 Å². The van der Waals surface area contributed by atoms with Gasteiger partial charge in [0.15, 0.2) is 0 Å². The molecule has 4 heteroatoms. The molecule has 0 bridgehead atoms. The molecule has 1 aliphatic heterocycles. The van der Waals surface area contributed by atoms with Gasteiger partial charge < -0.3 is 10.2 Å². The number of nitrogens with one attached hydrogen (secondary N) is 1. The third kappa shape index (κ3) is 3.86. The Morgan fingerprint density at radius 2 is 2.10 bits per heavy atom. The number of anilines is 2. The Morgan fingerprint density at radius 3 is 2.71 bits per heavy atom. The highest BCUT2D eigenvalue weighted by Gasteiger charge is 2.29. The van der Waals surface area contributed by atoms with Crippen molar-refractivity contribution in [3.05, 3.63) is 11.9 Å². The molecule has 0 saturated carbocycles. The van der Waals surface area contributed by atoms with Crippen molar-refractivity contribution >= 4 is 11.6 Å². The van der Waals surface area contributed by atoms with E-state index in [9.17, 15) is 0 Å². The second kappa shape index (κ2) is 6.63. The molecule has 2 rings (SSSR count). The Kier molecular flexibility index (Phi) is 5.07. The van der Waals surface area contributed by atoms with Gasteiger partial charge in [0.1, 0.15) is 18.0 Å². The highest BCUT2D eigenvalue weighted by atomic mass is 15.2. The quantitative estimate of drug-likeness (QED) is 0.888. The van der Waals surface area contributed by atoms with Crippen molar-refractivity contribution in [3.8, 4) is 0 Å². The van der Waals surface area contributed by atoms with Gasteiger partial charge in [0.2, 0.25) is 0 Å². The van der Waals surface area contributed by atoms with E-state index < -0.39 is 0 Å². The highest BCUT2D eigenvalue weighted by molar-refractivity contribution is 5.60. The van der Waals surface area contributed by atoms with Gasteiger partial charge in [-0.2, -0.15) is 0 Å². The van der Waals surface area contributed by atoms with Crippen LogP contribution in [0.4, 0.5) is 11.6 Å². The monoisotopic (exact) mass is 290 g/mol. The molecule has 2 heterocycles. The Morgan fingerprint density at radius 1 is 1.33 bits per heavy atom. The second-order valence-corrected chi connectivity index (χ2v) is 7.23. The number of hydrogen-bond donors (Lipinski definition) is 1. The van der Waals surface area contributed by atoms with Gasteiger partial charge in [0.25, 0.3) is 0 Å². The van der Waals surface area contributed by atoms with Crippen LogP contribution in [-0.2, 0) is 0 Å². The van der Waals surface area contributed by atoms with Crippen LogP contribution in [0.5, 0.6) is 0 Å². The Balaban J connectivity index is 2.33. The lowest BCUT2D eigenvalue weighted by Gasteiger charge is -2.40. The van der Waals surface area contributed by atoms with E-state index in [1.807, 2.05) is 0 Å². The minimum absolute atomic E-state index is 0.370. The summed E-state index contributed by atoms with van der Waals surface area (Å²) in [6, 6.07) is 0. The predicted octanol–water partition coefficient (Wildman–Crippen LogP) is 4.05. The molecule has 0 radical (unpaired) electrons. The van der Waals surface area contributed by atoms with E-state index in [4.69, 9.17) is 0 Å². The molecule has 118 valence electrons. The van der Waals surface area contributed by atoms with Gasteiger partial charge in [-0.25, -0.2) is 9.97 Å². The van der Waals surface area contributed by atoms with E-state index in [1.165, 1.54) is 18.4 Å². The maximum absolute atomic E-state index is 4.63. The summed E-state index contributed by atoms with van der Waals surface area (Å²) < 4.78 is 0. The fourth-order valence-electron chi connectivity index (χ4n) is 3.16. The van der Waals surface area contributed by atoms with Gasteiger partial charge in [-0.1, -0.05) is 34.6 Å². The van der Waals surface area contributed by atoms with Crippen molar-refractivity contribution in [3.63, 3.8) is 0 Å². The minimum atomic E-state index is 0.370. The van der Waals surface area contributed by atoms with Crippen molar-refractivity contribution in [2.45, 2.75) is 59.8 Å². The topological polar surface area (TPSA) is 41.1 Å². The molecule has 0 atom stereocenters. The van der Waals surface area contributed by atoms with Gasteiger partial charge >= 0.3 is 0 Å². The number of nitrogens with zero attached hydrogens (tertiary/aromatic N) is 3. The number of piperidine rings is 1. The van der Waals surface area contributed by atoms with Crippen LogP contribution < -0.4 is 10.2 Å². The molecule has 1 aliphatic rings. The number of aromatic nitrogens is 2. The first-order valence-electron chi connectivity index (χ1n) is 8.28. The van der Waals surface area contributed by atoms with Crippen LogP contribution in [0.25, 0.3) is 0 Å². The van der Waals surface area contributed by atoms with Gasteiger partial charge in [0, 0.05) is 25.2 Å². The minimum Gasteiger partial charge on any atom is -0.370 e. The molecule has 1 aromatic rings. The molecule has 0 aliphatic carbocycles. The number of rotatable bonds is 5. The molecule has 0 aromatic carbocycles. The van der Waals surface area contributed by atoms with Crippen LogP contribution in [-0.4, -0.2) is 29.6 Å². The molecule has 1 aromatic heterocycles. The lowest BCUT2D eigenvalue weighted by atomic mass is 9.84. The first-order valence-corrected chi connectivity index (χ1v) is 8.28. The second-order valence-electron chi connectivity index (χ2n) is 7.23. The normalized spacial score (nSPS) is 18.1. The molecule has 1 saturated heterocycles. The zero-order valence-corrected chi connectivity index (χ0v) is 14.2.